The molecule has 1 saturated heterocycles. The highest BCUT2D eigenvalue weighted by Gasteiger charge is 2.30. The lowest BCUT2D eigenvalue weighted by Gasteiger charge is -2.36. The van der Waals surface area contributed by atoms with Crippen molar-refractivity contribution in [2.75, 3.05) is 13.2 Å². The van der Waals surface area contributed by atoms with E-state index in [1.807, 2.05) is 15.8 Å². The minimum absolute atomic E-state index is 0.0538. The molecular weight excluding hydrogens is 292 g/mol. The van der Waals surface area contributed by atoms with Gasteiger partial charge in [0.25, 0.3) is 0 Å². The molecule has 0 radical (unpaired) electrons. The zero-order chi connectivity index (χ0) is 16.2. The minimum atomic E-state index is 0.0538. The average molecular weight is 320 g/mol. The van der Waals surface area contributed by atoms with Gasteiger partial charge in [-0.3, -0.25) is 4.68 Å². The lowest BCUT2D eigenvalue weighted by atomic mass is 9.93. The lowest BCUT2D eigenvalue weighted by Crippen LogP contribution is -2.49. The summed E-state index contributed by atoms with van der Waals surface area (Å²) in [4.78, 5) is 14.7. The summed E-state index contributed by atoms with van der Waals surface area (Å²) >= 11 is 0. The van der Waals surface area contributed by atoms with Gasteiger partial charge in [0, 0.05) is 23.8 Å². The fraction of sp³-hybridized carbons (Fsp3) is 0.765. The largest absolute Gasteiger partial charge is 0.394 e. The third-order valence-corrected chi connectivity index (χ3v) is 5.23. The number of likely N-dealkylation sites (tertiary alicyclic amines) is 1. The van der Waals surface area contributed by atoms with E-state index in [4.69, 9.17) is 5.11 Å². The van der Waals surface area contributed by atoms with Gasteiger partial charge >= 0.3 is 6.03 Å². The normalized spacial score (nSPS) is 24.3. The molecule has 2 N–H and O–H groups in total. The Morgan fingerprint density at radius 1 is 1.39 bits per heavy atom. The van der Waals surface area contributed by atoms with Crippen LogP contribution in [0.1, 0.15) is 62.7 Å². The molecular formula is C17H28N4O2. The summed E-state index contributed by atoms with van der Waals surface area (Å²) in [5.41, 5.74) is 2.30. The monoisotopic (exact) mass is 320 g/mol. The van der Waals surface area contributed by atoms with E-state index in [0.717, 1.165) is 50.6 Å². The number of urea groups is 1. The molecule has 0 aromatic carbocycles. The molecule has 2 aliphatic rings. The molecule has 2 amide bonds. The summed E-state index contributed by atoms with van der Waals surface area (Å²) < 4.78 is 1.88. The number of fused-ring (bicyclic) bond motifs is 1. The van der Waals surface area contributed by atoms with Crippen LogP contribution in [0.25, 0.3) is 0 Å². The van der Waals surface area contributed by atoms with Gasteiger partial charge in [0.05, 0.1) is 25.4 Å². The van der Waals surface area contributed by atoms with E-state index in [1.165, 1.54) is 12.1 Å². The molecule has 0 bridgehead atoms. The predicted octanol–water partition coefficient (Wildman–Crippen LogP) is 2.23. The Hall–Kier alpha value is -1.56. The van der Waals surface area contributed by atoms with Crippen molar-refractivity contribution in [1.29, 1.82) is 0 Å². The van der Waals surface area contributed by atoms with E-state index < -0.39 is 0 Å². The number of hydrogen-bond acceptors (Lipinski definition) is 3. The Bertz CT molecular complexity index is 543. The van der Waals surface area contributed by atoms with Crippen LogP contribution in [0.4, 0.5) is 4.79 Å². The van der Waals surface area contributed by atoms with Crippen LogP contribution in [0.5, 0.6) is 0 Å². The van der Waals surface area contributed by atoms with Gasteiger partial charge in [-0.2, -0.15) is 5.10 Å². The van der Waals surface area contributed by atoms with Crippen LogP contribution in [0.15, 0.2) is 6.20 Å². The number of aliphatic hydroxyl groups excluding tert-OH is 1. The summed E-state index contributed by atoms with van der Waals surface area (Å²) in [5.74, 6) is 0. The highest BCUT2D eigenvalue weighted by molar-refractivity contribution is 5.75. The third-order valence-electron chi connectivity index (χ3n) is 5.23. The maximum Gasteiger partial charge on any atom is 0.318 e. The number of nitrogens with zero attached hydrogens (tertiary/aromatic N) is 3. The van der Waals surface area contributed by atoms with Gasteiger partial charge in [-0.05, 0) is 44.9 Å². The van der Waals surface area contributed by atoms with Gasteiger partial charge in [0.2, 0.25) is 0 Å². The van der Waals surface area contributed by atoms with E-state index in [9.17, 15) is 4.79 Å². The van der Waals surface area contributed by atoms with Crippen molar-refractivity contribution < 1.29 is 9.90 Å². The summed E-state index contributed by atoms with van der Waals surface area (Å²) in [5, 5.41) is 16.8. The molecule has 1 fully saturated rings. The summed E-state index contributed by atoms with van der Waals surface area (Å²) in [6.45, 7) is 3.65. The van der Waals surface area contributed by atoms with Crippen molar-refractivity contribution in [3.05, 3.63) is 17.5 Å². The van der Waals surface area contributed by atoms with E-state index in [0.29, 0.717) is 12.6 Å². The second-order valence-electron chi connectivity index (χ2n) is 6.64. The first-order valence-electron chi connectivity index (χ1n) is 8.97. The fourth-order valence-corrected chi connectivity index (χ4v) is 3.98. The molecule has 1 aliphatic heterocycles. The van der Waals surface area contributed by atoms with E-state index in [2.05, 4.69) is 17.3 Å². The Morgan fingerprint density at radius 2 is 2.26 bits per heavy atom. The van der Waals surface area contributed by atoms with Gasteiger partial charge in [-0.15, -0.1) is 0 Å². The van der Waals surface area contributed by atoms with Gasteiger partial charge in [-0.1, -0.05) is 6.92 Å². The number of nitrogens with one attached hydrogen (secondary N) is 1. The van der Waals surface area contributed by atoms with Crippen LogP contribution < -0.4 is 5.32 Å². The summed E-state index contributed by atoms with van der Waals surface area (Å²) in [6, 6.07) is 0.506. The fourth-order valence-electron chi connectivity index (χ4n) is 3.98. The Kier molecular flexibility index (Phi) is 5.20. The van der Waals surface area contributed by atoms with Gasteiger partial charge in [-0.25, -0.2) is 4.79 Å². The Balaban J connectivity index is 1.70. The van der Waals surface area contributed by atoms with Crippen molar-refractivity contribution in [3.8, 4) is 0 Å². The van der Waals surface area contributed by atoms with E-state index >= 15 is 0 Å². The number of carbonyl (C=O) groups is 1. The molecule has 0 spiro atoms. The van der Waals surface area contributed by atoms with Crippen LogP contribution in [0, 0.1) is 0 Å². The molecule has 1 aliphatic carbocycles. The second-order valence-corrected chi connectivity index (χ2v) is 6.64. The van der Waals surface area contributed by atoms with Gasteiger partial charge in [0.1, 0.15) is 0 Å². The maximum absolute atomic E-state index is 12.7. The van der Waals surface area contributed by atoms with Crippen molar-refractivity contribution >= 4 is 6.03 Å². The summed E-state index contributed by atoms with van der Waals surface area (Å²) in [6.07, 6.45) is 9.33. The number of rotatable bonds is 4. The Labute approximate surface area is 137 Å². The van der Waals surface area contributed by atoms with Crippen molar-refractivity contribution in [2.24, 2.45) is 0 Å². The molecule has 2 heterocycles. The smallest absolute Gasteiger partial charge is 0.318 e. The zero-order valence-corrected chi connectivity index (χ0v) is 14.0. The van der Waals surface area contributed by atoms with Crippen molar-refractivity contribution in [3.63, 3.8) is 0 Å². The minimum Gasteiger partial charge on any atom is -0.394 e. The zero-order valence-electron chi connectivity index (χ0n) is 14.0. The van der Waals surface area contributed by atoms with Crippen molar-refractivity contribution in [1.82, 2.24) is 20.0 Å². The average Bonchev–Trinajstić information content (AvgIpc) is 2.99. The third kappa shape index (κ3) is 3.37. The van der Waals surface area contributed by atoms with Crippen LogP contribution in [-0.4, -0.2) is 45.0 Å². The van der Waals surface area contributed by atoms with Crippen molar-refractivity contribution in [2.45, 2.75) is 70.5 Å². The standard InChI is InChI=1S/C17H28N4O2/c1-2-13-6-3-4-9-20(13)17(23)19-15-7-5-8-16-14(15)12-18-21(16)10-11-22/h12-13,15,22H,2-11H2,1H3,(H,19,23)/t13-,15-/m1/s1. The summed E-state index contributed by atoms with van der Waals surface area (Å²) in [7, 11) is 0. The van der Waals surface area contributed by atoms with Gasteiger partial charge in [0.15, 0.2) is 0 Å². The van der Waals surface area contributed by atoms with E-state index in [1.54, 1.807) is 0 Å². The quantitative estimate of drug-likeness (QED) is 0.894. The highest BCUT2D eigenvalue weighted by Crippen LogP contribution is 2.30. The first kappa shape index (κ1) is 16.3. The second kappa shape index (κ2) is 7.34. The van der Waals surface area contributed by atoms with Gasteiger partial charge < -0.3 is 15.3 Å². The maximum atomic E-state index is 12.7. The lowest BCUT2D eigenvalue weighted by molar-refractivity contribution is 0.145. The molecule has 0 saturated carbocycles. The number of amides is 2. The molecule has 6 heteroatoms. The van der Waals surface area contributed by atoms with Crippen LogP contribution in [0.2, 0.25) is 0 Å². The SMILES string of the molecule is CC[C@@H]1CCCCN1C(=O)N[C@@H]1CCCc2c1cnn2CCO. The Morgan fingerprint density at radius 3 is 3.04 bits per heavy atom. The first-order valence-corrected chi connectivity index (χ1v) is 8.97. The molecule has 23 heavy (non-hydrogen) atoms. The van der Waals surface area contributed by atoms with Crippen LogP contribution >= 0.6 is 0 Å². The highest BCUT2D eigenvalue weighted by atomic mass is 16.3. The number of piperidine rings is 1. The topological polar surface area (TPSA) is 70.4 Å². The number of hydrogen-bond donors (Lipinski definition) is 2. The molecule has 6 nitrogen and oxygen atoms in total. The number of aromatic nitrogens is 2. The molecule has 0 unspecified atom stereocenters. The molecule has 3 rings (SSSR count). The number of carbonyl (C=O) groups excluding carboxylic acids is 1. The molecule has 2 atom stereocenters. The number of aliphatic hydroxyl groups is 1. The predicted molar refractivity (Wildman–Crippen MR) is 88.2 cm³/mol. The van der Waals surface area contributed by atoms with Crippen LogP contribution in [0.3, 0.4) is 0 Å². The molecule has 1 aromatic heterocycles. The molecule has 1 aromatic rings. The van der Waals surface area contributed by atoms with Crippen LogP contribution in [-0.2, 0) is 13.0 Å². The first-order chi connectivity index (χ1) is 11.2. The van der Waals surface area contributed by atoms with E-state index in [-0.39, 0.29) is 18.7 Å². The molecule has 128 valence electrons.